The van der Waals surface area contributed by atoms with Gasteiger partial charge in [-0.1, -0.05) is 0 Å². The molecule has 0 fully saturated rings. The molecule has 0 bridgehead atoms. The van der Waals surface area contributed by atoms with Crippen LogP contribution in [0.25, 0.3) is 0 Å². The summed E-state index contributed by atoms with van der Waals surface area (Å²) in [5, 5.41) is 0. The van der Waals surface area contributed by atoms with Crippen molar-refractivity contribution in [1.29, 1.82) is 0 Å². The molecule has 1 aromatic heterocycles. The maximum absolute atomic E-state index is 13.4. The Labute approximate surface area is 114 Å². The predicted molar refractivity (Wildman–Crippen MR) is 67.9 cm³/mol. The Kier molecular flexibility index (Phi) is 4.29. The number of aryl methyl sites for hydroxylation is 1. The zero-order valence-corrected chi connectivity index (χ0v) is 10.6. The molecule has 1 aromatic carbocycles. The van der Waals surface area contributed by atoms with Crippen LogP contribution in [0.1, 0.15) is 16.8 Å². The number of rotatable bonds is 5. The van der Waals surface area contributed by atoms with Crippen molar-refractivity contribution in [2.45, 2.75) is 13.0 Å². The molecule has 0 saturated carbocycles. The van der Waals surface area contributed by atoms with E-state index < -0.39 is 17.6 Å². The average molecular weight is 281 g/mol. The minimum absolute atomic E-state index is 0.119. The molecule has 0 atom stereocenters. The lowest BCUT2D eigenvalue weighted by Crippen LogP contribution is -2.11. The van der Waals surface area contributed by atoms with Gasteiger partial charge in [-0.05, 0) is 12.5 Å². The SMILES string of the molecule is Nc1cc(C(=O)OCCCn2ccnc2)c(F)cc1F. The molecule has 2 aromatic rings. The third kappa shape index (κ3) is 3.31. The Morgan fingerprint density at radius 3 is 2.85 bits per heavy atom. The van der Waals surface area contributed by atoms with Crippen molar-refractivity contribution in [3.63, 3.8) is 0 Å². The summed E-state index contributed by atoms with van der Waals surface area (Å²) in [6.07, 6.45) is 5.62. The van der Waals surface area contributed by atoms with Gasteiger partial charge in [0, 0.05) is 25.0 Å². The molecular formula is C13H13F2N3O2. The van der Waals surface area contributed by atoms with Gasteiger partial charge in [0.05, 0.1) is 24.2 Å². The van der Waals surface area contributed by atoms with Crippen LogP contribution in [0.3, 0.4) is 0 Å². The fourth-order valence-electron chi connectivity index (χ4n) is 1.63. The van der Waals surface area contributed by atoms with Crippen molar-refractivity contribution in [2.75, 3.05) is 12.3 Å². The van der Waals surface area contributed by atoms with Crippen molar-refractivity contribution in [3.05, 3.63) is 48.1 Å². The number of nitrogen functional groups attached to an aromatic ring is 1. The third-order valence-corrected chi connectivity index (χ3v) is 2.66. The van der Waals surface area contributed by atoms with E-state index in [1.807, 2.05) is 4.57 Å². The van der Waals surface area contributed by atoms with E-state index in [9.17, 15) is 13.6 Å². The predicted octanol–water partition coefficient (Wildman–Crippen LogP) is 1.99. The van der Waals surface area contributed by atoms with Gasteiger partial charge in [0.25, 0.3) is 0 Å². The van der Waals surface area contributed by atoms with Gasteiger partial charge in [-0.3, -0.25) is 0 Å². The third-order valence-electron chi connectivity index (χ3n) is 2.66. The van der Waals surface area contributed by atoms with Crippen LogP contribution in [-0.2, 0) is 11.3 Å². The molecule has 0 radical (unpaired) electrons. The number of hydrogen-bond acceptors (Lipinski definition) is 4. The number of aromatic nitrogens is 2. The molecule has 2 N–H and O–H groups in total. The summed E-state index contributed by atoms with van der Waals surface area (Å²) >= 11 is 0. The molecule has 0 aliphatic heterocycles. The zero-order valence-electron chi connectivity index (χ0n) is 10.6. The second-order valence-corrected chi connectivity index (χ2v) is 4.14. The number of benzene rings is 1. The molecule has 0 spiro atoms. The highest BCUT2D eigenvalue weighted by Gasteiger charge is 2.16. The summed E-state index contributed by atoms with van der Waals surface area (Å²) in [5.41, 5.74) is 4.62. The van der Waals surface area contributed by atoms with Gasteiger partial charge in [0.2, 0.25) is 0 Å². The number of imidazole rings is 1. The summed E-state index contributed by atoms with van der Waals surface area (Å²) < 4.78 is 33.1. The molecule has 106 valence electrons. The molecule has 20 heavy (non-hydrogen) atoms. The summed E-state index contributed by atoms with van der Waals surface area (Å²) in [6.45, 7) is 0.745. The van der Waals surface area contributed by atoms with Crippen molar-refractivity contribution in [1.82, 2.24) is 9.55 Å². The maximum atomic E-state index is 13.4. The van der Waals surface area contributed by atoms with E-state index in [2.05, 4.69) is 4.98 Å². The van der Waals surface area contributed by atoms with Gasteiger partial charge in [-0.25, -0.2) is 18.6 Å². The van der Waals surface area contributed by atoms with Crippen molar-refractivity contribution < 1.29 is 18.3 Å². The van der Waals surface area contributed by atoms with Crippen LogP contribution in [0.4, 0.5) is 14.5 Å². The quantitative estimate of drug-likeness (QED) is 0.517. The van der Waals surface area contributed by atoms with E-state index >= 15 is 0 Å². The summed E-state index contributed by atoms with van der Waals surface area (Å²) in [4.78, 5) is 15.5. The van der Waals surface area contributed by atoms with Crippen molar-refractivity contribution in [3.8, 4) is 0 Å². The standard InChI is InChI=1S/C13H13F2N3O2/c14-10-7-11(15)12(16)6-9(10)13(19)20-5-1-3-18-4-2-17-8-18/h2,4,6-8H,1,3,5,16H2. The Bertz CT molecular complexity index is 600. The number of nitrogens with two attached hydrogens (primary N) is 1. The number of hydrogen-bond donors (Lipinski definition) is 1. The van der Waals surface area contributed by atoms with E-state index in [0.29, 0.717) is 19.0 Å². The van der Waals surface area contributed by atoms with Gasteiger partial charge in [-0.2, -0.15) is 0 Å². The van der Waals surface area contributed by atoms with Crippen LogP contribution in [0.2, 0.25) is 0 Å². The van der Waals surface area contributed by atoms with E-state index in [4.69, 9.17) is 10.5 Å². The van der Waals surface area contributed by atoms with Crippen molar-refractivity contribution in [2.24, 2.45) is 0 Å². The maximum Gasteiger partial charge on any atom is 0.341 e. The Hall–Kier alpha value is -2.44. The first-order valence-electron chi connectivity index (χ1n) is 5.95. The van der Waals surface area contributed by atoms with Crippen LogP contribution < -0.4 is 5.73 Å². The Morgan fingerprint density at radius 1 is 1.35 bits per heavy atom. The monoisotopic (exact) mass is 281 g/mol. The lowest BCUT2D eigenvalue weighted by molar-refractivity contribution is 0.0490. The van der Waals surface area contributed by atoms with Gasteiger partial charge in [0.15, 0.2) is 0 Å². The summed E-state index contributed by atoms with van der Waals surface area (Å²) in [5.74, 6) is -2.75. The minimum Gasteiger partial charge on any atom is -0.462 e. The number of nitrogens with zero attached hydrogens (tertiary/aromatic N) is 2. The number of anilines is 1. The first-order valence-corrected chi connectivity index (χ1v) is 5.95. The molecule has 2 rings (SSSR count). The largest absolute Gasteiger partial charge is 0.462 e. The normalized spacial score (nSPS) is 10.5. The molecule has 0 aliphatic rings. The number of halogens is 2. The topological polar surface area (TPSA) is 70.1 Å². The van der Waals surface area contributed by atoms with Gasteiger partial charge >= 0.3 is 5.97 Å². The molecule has 0 saturated heterocycles. The van der Waals surface area contributed by atoms with Gasteiger partial charge in [0.1, 0.15) is 11.6 Å². The Balaban J connectivity index is 1.87. The van der Waals surface area contributed by atoms with E-state index in [1.54, 1.807) is 18.7 Å². The highest BCUT2D eigenvalue weighted by molar-refractivity contribution is 5.90. The molecule has 5 nitrogen and oxygen atoms in total. The fourth-order valence-corrected chi connectivity index (χ4v) is 1.63. The van der Waals surface area contributed by atoms with Crippen LogP contribution in [0.5, 0.6) is 0 Å². The van der Waals surface area contributed by atoms with E-state index in [1.165, 1.54) is 0 Å². The lowest BCUT2D eigenvalue weighted by Gasteiger charge is -2.07. The molecular weight excluding hydrogens is 268 g/mol. The highest BCUT2D eigenvalue weighted by atomic mass is 19.1. The average Bonchev–Trinajstić information content (AvgIpc) is 2.92. The number of carbonyl (C=O) groups excluding carboxylic acids is 1. The molecule has 0 amide bonds. The molecule has 0 unspecified atom stereocenters. The number of esters is 1. The second-order valence-electron chi connectivity index (χ2n) is 4.14. The van der Waals surface area contributed by atoms with Crippen LogP contribution in [0.15, 0.2) is 30.9 Å². The molecule has 7 heteroatoms. The van der Waals surface area contributed by atoms with Gasteiger partial charge in [-0.15, -0.1) is 0 Å². The fraction of sp³-hybridized carbons (Fsp3) is 0.231. The van der Waals surface area contributed by atoms with Crippen molar-refractivity contribution >= 4 is 11.7 Å². The Morgan fingerprint density at radius 2 is 2.15 bits per heavy atom. The van der Waals surface area contributed by atoms with Gasteiger partial charge < -0.3 is 15.0 Å². The first kappa shape index (κ1) is 14.0. The smallest absolute Gasteiger partial charge is 0.341 e. The minimum atomic E-state index is -0.990. The van der Waals surface area contributed by atoms with Crippen LogP contribution in [-0.4, -0.2) is 22.1 Å². The lowest BCUT2D eigenvalue weighted by atomic mass is 10.2. The number of carbonyl (C=O) groups is 1. The van der Waals surface area contributed by atoms with Crippen LogP contribution >= 0.6 is 0 Å². The second kappa shape index (κ2) is 6.14. The zero-order chi connectivity index (χ0) is 14.5. The first-order chi connectivity index (χ1) is 9.58. The molecule has 0 aliphatic carbocycles. The summed E-state index contributed by atoms with van der Waals surface area (Å²) in [6, 6.07) is 1.50. The highest BCUT2D eigenvalue weighted by Crippen LogP contribution is 2.17. The summed E-state index contributed by atoms with van der Waals surface area (Å²) in [7, 11) is 0. The van der Waals surface area contributed by atoms with E-state index in [-0.39, 0.29) is 17.9 Å². The van der Waals surface area contributed by atoms with Crippen LogP contribution in [0, 0.1) is 11.6 Å². The van der Waals surface area contributed by atoms with E-state index in [0.717, 1.165) is 6.07 Å². The molecule has 1 heterocycles. The number of ether oxygens (including phenoxy) is 1.